The van der Waals surface area contributed by atoms with Crippen LogP contribution in [0.3, 0.4) is 0 Å². The lowest BCUT2D eigenvalue weighted by Gasteiger charge is -2.32. The first-order valence-corrected chi connectivity index (χ1v) is 6.15. The maximum Gasteiger partial charge on any atom is 0.496 e. The summed E-state index contributed by atoms with van der Waals surface area (Å²) in [5.74, 6) is 0. The van der Waals surface area contributed by atoms with Crippen LogP contribution in [0.5, 0.6) is 0 Å². The number of carbonyl (C=O) groups excluding carboxylic acids is 1. The molecule has 0 N–H and O–H groups in total. The molecule has 0 aliphatic carbocycles. The van der Waals surface area contributed by atoms with E-state index in [4.69, 9.17) is 9.31 Å². The van der Waals surface area contributed by atoms with Gasteiger partial charge in [-0.3, -0.25) is 4.79 Å². The Morgan fingerprint density at radius 2 is 1.79 bits per heavy atom. The predicted molar refractivity (Wildman–Crippen MR) is 72.3 cm³/mol. The van der Waals surface area contributed by atoms with Gasteiger partial charge in [0.25, 0.3) is 0 Å². The first-order valence-electron chi connectivity index (χ1n) is 6.15. The second kappa shape index (κ2) is 4.48. The van der Waals surface area contributed by atoms with Crippen molar-refractivity contribution in [1.82, 2.24) is 0 Å². The minimum atomic E-state index is -0.583. The van der Waals surface area contributed by atoms with Crippen LogP contribution in [0.1, 0.15) is 43.6 Å². The summed E-state index contributed by atoms with van der Waals surface area (Å²) in [4.78, 5) is 10.7. The lowest BCUT2D eigenvalue weighted by atomic mass is 9.76. The summed E-state index contributed by atoms with van der Waals surface area (Å²) < 4.78 is 11.8. The monoisotopic (exact) mass is 257 g/mol. The van der Waals surface area contributed by atoms with Gasteiger partial charge in [-0.05, 0) is 33.8 Å². The Kier molecular flexibility index (Phi) is 3.25. The molecule has 0 bridgehead atoms. The number of hydrogen-bond acceptors (Lipinski definition) is 4. The van der Waals surface area contributed by atoms with Crippen molar-refractivity contribution >= 4 is 18.9 Å². The van der Waals surface area contributed by atoms with Gasteiger partial charge >= 0.3 is 7.12 Å². The van der Waals surface area contributed by atoms with E-state index in [2.05, 4.69) is 6.07 Å². The van der Waals surface area contributed by atoms with E-state index in [1.54, 1.807) is 18.2 Å². The van der Waals surface area contributed by atoms with E-state index in [9.17, 15) is 10.1 Å². The maximum atomic E-state index is 10.7. The fourth-order valence-electron chi connectivity index (χ4n) is 1.92. The quantitative estimate of drug-likeness (QED) is 0.597. The Morgan fingerprint density at radius 1 is 1.21 bits per heavy atom. The molecule has 1 aromatic rings. The highest BCUT2D eigenvalue weighted by atomic mass is 16.7. The average Bonchev–Trinajstić information content (AvgIpc) is 2.57. The molecular formula is C14H16BNO3. The summed E-state index contributed by atoms with van der Waals surface area (Å²) in [7, 11) is -0.583. The summed E-state index contributed by atoms with van der Waals surface area (Å²) in [6.07, 6.45) is 0.717. The van der Waals surface area contributed by atoms with Crippen molar-refractivity contribution in [3.05, 3.63) is 29.3 Å². The molecule has 19 heavy (non-hydrogen) atoms. The lowest BCUT2D eigenvalue weighted by Crippen LogP contribution is -2.41. The molecule has 0 radical (unpaired) electrons. The molecule has 98 valence electrons. The van der Waals surface area contributed by atoms with Crippen molar-refractivity contribution in [3.63, 3.8) is 0 Å². The van der Waals surface area contributed by atoms with Gasteiger partial charge in [0, 0.05) is 11.0 Å². The average molecular weight is 257 g/mol. The van der Waals surface area contributed by atoms with Gasteiger partial charge in [-0.1, -0.05) is 12.1 Å². The van der Waals surface area contributed by atoms with Crippen LogP contribution in [-0.2, 0) is 9.31 Å². The normalized spacial score (nSPS) is 20.1. The molecule has 0 saturated carbocycles. The molecular weight excluding hydrogens is 241 g/mol. The van der Waals surface area contributed by atoms with Crippen molar-refractivity contribution in [3.8, 4) is 6.07 Å². The van der Waals surface area contributed by atoms with Crippen LogP contribution in [0, 0.1) is 11.3 Å². The summed E-state index contributed by atoms with van der Waals surface area (Å²) in [6.45, 7) is 7.83. The molecule has 0 unspecified atom stereocenters. The fourth-order valence-corrected chi connectivity index (χ4v) is 1.92. The molecule has 0 amide bonds. The van der Waals surface area contributed by atoms with Crippen molar-refractivity contribution in [2.75, 3.05) is 0 Å². The zero-order chi connectivity index (χ0) is 14.3. The number of hydrogen-bond donors (Lipinski definition) is 0. The Hall–Kier alpha value is -1.64. The summed E-state index contributed by atoms with van der Waals surface area (Å²) in [6, 6.07) is 7.01. The summed E-state index contributed by atoms with van der Waals surface area (Å²) in [5.41, 5.74) is 0.633. The molecule has 0 spiro atoms. The second-order valence-corrected chi connectivity index (χ2v) is 5.66. The summed E-state index contributed by atoms with van der Waals surface area (Å²) >= 11 is 0. The van der Waals surface area contributed by atoms with Gasteiger partial charge in [0.1, 0.15) is 6.29 Å². The largest absolute Gasteiger partial charge is 0.496 e. The number of carbonyl (C=O) groups is 1. The third kappa shape index (κ3) is 2.29. The number of rotatable bonds is 2. The van der Waals surface area contributed by atoms with E-state index in [-0.39, 0.29) is 0 Å². The van der Waals surface area contributed by atoms with E-state index < -0.39 is 18.3 Å². The highest BCUT2D eigenvalue weighted by Gasteiger charge is 2.52. The van der Waals surface area contributed by atoms with Gasteiger partial charge in [-0.15, -0.1) is 0 Å². The van der Waals surface area contributed by atoms with Crippen LogP contribution in [0.25, 0.3) is 0 Å². The standard InChI is InChI=1S/C14H16BNO3/c1-13(2)14(3,4)19-15(18-13)12-6-5-10(9-17)7-11(12)8-16/h5-7,9H,1-4H3. The van der Waals surface area contributed by atoms with Gasteiger partial charge in [0.15, 0.2) is 0 Å². The molecule has 1 aliphatic heterocycles. The van der Waals surface area contributed by atoms with Gasteiger partial charge < -0.3 is 9.31 Å². The third-order valence-electron chi connectivity index (χ3n) is 3.84. The molecule has 1 fully saturated rings. The topological polar surface area (TPSA) is 59.3 Å². The molecule has 2 rings (SSSR count). The zero-order valence-corrected chi connectivity index (χ0v) is 11.6. The number of nitriles is 1. The van der Waals surface area contributed by atoms with Crippen molar-refractivity contribution in [2.24, 2.45) is 0 Å². The van der Waals surface area contributed by atoms with Gasteiger partial charge in [-0.2, -0.15) is 5.26 Å². The SMILES string of the molecule is CC1(C)OB(c2ccc(C=O)cc2C#N)OC1(C)C. The van der Waals surface area contributed by atoms with Crippen LogP contribution in [0.15, 0.2) is 18.2 Å². The van der Waals surface area contributed by atoms with E-state index in [1.807, 2.05) is 27.7 Å². The predicted octanol–water partition coefficient (Wildman–Crippen LogP) is 1.67. The van der Waals surface area contributed by atoms with Crippen LogP contribution in [0.2, 0.25) is 0 Å². The van der Waals surface area contributed by atoms with Gasteiger partial charge in [0.2, 0.25) is 0 Å². The molecule has 1 heterocycles. The lowest BCUT2D eigenvalue weighted by molar-refractivity contribution is 0.00578. The molecule has 0 aromatic heterocycles. The first kappa shape index (κ1) is 13.8. The highest BCUT2D eigenvalue weighted by Crippen LogP contribution is 2.36. The van der Waals surface area contributed by atoms with E-state index in [0.717, 1.165) is 6.29 Å². The molecule has 0 atom stereocenters. The zero-order valence-electron chi connectivity index (χ0n) is 11.6. The number of nitrogens with zero attached hydrogens (tertiary/aromatic N) is 1. The van der Waals surface area contributed by atoms with Gasteiger partial charge in [0.05, 0.1) is 22.8 Å². The van der Waals surface area contributed by atoms with Crippen LogP contribution in [0.4, 0.5) is 0 Å². The fraction of sp³-hybridized carbons (Fsp3) is 0.429. The smallest absolute Gasteiger partial charge is 0.399 e. The van der Waals surface area contributed by atoms with E-state index in [0.29, 0.717) is 16.6 Å². The molecule has 1 aromatic carbocycles. The van der Waals surface area contributed by atoms with Gasteiger partial charge in [-0.25, -0.2) is 0 Å². The first-order chi connectivity index (χ1) is 8.80. The van der Waals surface area contributed by atoms with Crippen molar-refractivity contribution in [2.45, 2.75) is 38.9 Å². The van der Waals surface area contributed by atoms with E-state index >= 15 is 0 Å². The Labute approximate surface area is 113 Å². The Bertz CT molecular complexity index is 544. The van der Waals surface area contributed by atoms with Crippen LogP contribution < -0.4 is 5.46 Å². The second-order valence-electron chi connectivity index (χ2n) is 5.66. The third-order valence-corrected chi connectivity index (χ3v) is 3.84. The van der Waals surface area contributed by atoms with E-state index in [1.165, 1.54) is 0 Å². The van der Waals surface area contributed by atoms with Crippen LogP contribution >= 0.6 is 0 Å². The minimum absolute atomic E-state index is 0.406. The minimum Gasteiger partial charge on any atom is -0.399 e. The van der Waals surface area contributed by atoms with Crippen molar-refractivity contribution < 1.29 is 14.1 Å². The highest BCUT2D eigenvalue weighted by molar-refractivity contribution is 6.62. The molecule has 1 aliphatic rings. The van der Waals surface area contributed by atoms with Crippen LogP contribution in [-0.4, -0.2) is 24.6 Å². The summed E-state index contributed by atoms with van der Waals surface area (Å²) in [5, 5.41) is 9.18. The molecule has 1 saturated heterocycles. The maximum absolute atomic E-state index is 10.7. The molecule has 5 heteroatoms. The molecule has 4 nitrogen and oxygen atoms in total. The van der Waals surface area contributed by atoms with Crippen molar-refractivity contribution in [1.29, 1.82) is 5.26 Å². The Morgan fingerprint density at radius 3 is 2.26 bits per heavy atom. The number of benzene rings is 1. The number of aldehydes is 1. The Balaban J connectivity index is 2.40.